The Morgan fingerprint density at radius 2 is 1.96 bits per heavy atom. The number of benzene rings is 1. The predicted molar refractivity (Wildman–Crippen MR) is 93.6 cm³/mol. The molecule has 0 radical (unpaired) electrons. The number of ether oxygens (including phenoxy) is 1. The molecule has 0 bridgehead atoms. The fourth-order valence-electron chi connectivity index (χ4n) is 2.97. The summed E-state index contributed by atoms with van der Waals surface area (Å²) >= 11 is 0. The van der Waals surface area contributed by atoms with Crippen LogP contribution in [0, 0.1) is 6.92 Å². The molecule has 0 unspecified atom stereocenters. The molecule has 6 nitrogen and oxygen atoms in total. The number of hydrogen-bond acceptors (Lipinski definition) is 5. The van der Waals surface area contributed by atoms with Crippen LogP contribution in [0.15, 0.2) is 30.3 Å². The Balaban J connectivity index is 1.77. The molecule has 0 atom stereocenters. The second-order valence-corrected chi connectivity index (χ2v) is 5.97. The summed E-state index contributed by atoms with van der Waals surface area (Å²) in [6.07, 6.45) is 4.77. The van der Waals surface area contributed by atoms with E-state index in [0.717, 1.165) is 12.8 Å². The summed E-state index contributed by atoms with van der Waals surface area (Å²) < 4.78 is 5.26. The molecule has 1 aromatic heterocycles. The van der Waals surface area contributed by atoms with Crippen molar-refractivity contribution in [3.05, 3.63) is 41.9 Å². The minimum atomic E-state index is -0.278. The van der Waals surface area contributed by atoms with E-state index in [1.54, 1.807) is 32.2 Å². The highest BCUT2D eigenvalue weighted by Crippen LogP contribution is 2.24. The van der Waals surface area contributed by atoms with Crippen LogP contribution in [-0.2, 0) is 0 Å². The van der Waals surface area contributed by atoms with Crippen molar-refractivity contribution in [2.24, 2.45) is 0 Å². The molecule has 1 amide bonds. The van der Waals surface area contributed by atoms with Gasteiger partial charge >= 0.3 is 0 Å². The van der Waals surface area contributed by atoms with Gasteiger partial charge in [-0.2, -0.15) is 0 Å². The molecule has 6 heteroatoms. The lowest BCUT2D eigenvalue weighted by molar-refractivity contribution is 0.102. The van der Waals surface area contributed by atoms with Gasteiger partial charge in [0, 0.05) is 12.1 Å². The molecule has 1 fully saturated rings. The second-order valence-electron chi connectivity index (χ2n) is 5.97. The Morgan fingerprint density at radius 3 is 2.71 bits per heavy atom. The van der Waals surface area contributed by atoms with Gasteiger partial charge in [0.15, 0.2) is 0 Å². The van der Waals surface area contributed by atoms with Gasteiger partial charge in [-0.05, 0) is 31.9 Å². The van der Waals surface area contributed by atoms with Gasteiger partial charge in [0.05, 0.1) is 12.8 Å². The van der Waals surface area contributed by atoms with Gasteiger partial charge in [0.1, 0.15) is 23.1 Å². The van der Waals surface area contributed by atoms with Crippen LogP contribution in [0.1, 0.15) is 42.0 Å². The first-order valence-corrected chi connectivity index (χ1v) is 8.22. The highest BCUT2D eigenvalue weighted by Gasteiger charge is 2.17. The van der Waals surface area contributed by atoms with Crippen molar-refractivity contribution in [1.29, 1.82) is 0 Å². The lowest BCUT2D eigenvalue weighted by Crippen LogP contribution is -2.19. The molecule has 24 heavy (non-hydrogen) atoms. The van der Waals surface area contributed by atoms with E-state index in [9.17, 15) is 4.79 Å². The number of rotatable bonds is 5. The number of nitrogens with one attached hydrogen (secondary N) is 2. The van der Waals surface area contributed by atoms with Crippen LogP contribution in [0.4, 0.5) is 11.5 Å². The summed E-state index contributed by atoms with van der Waals surface area (Å²) in [6, 6.07) is 9.43. The third kappa shape index (κ3) is 3.82. The van der Waals surface area contributed by atoms with Gasteiger partial charge < -0.3 is 15.4 Å². The van der Waals surface area contributed by atoms with Crippen molar-refractivity contribution in [2.75, 3.05) is 17.7 Å². The average Bonchev–Trinajstić information content (AvgIpc) is 3.07. The number of aryl methyl sites for hydroxylation is 1. The fraction of sp³-hybridized carbons (Fsp3) is 0.389. The molecule has 0 spiro atoms. The molecular formula is C18H22N4O2. The van der Waals surface area contributed by atoms with Crippen molar-refractivity contribution >= 4 is 17.4 Å². The van der Waals surface area contributed by atoms with E-state index in [4.69, 9.17) is 4.74 Å². The van der Waals surface area contributed by atoms with Crippen LogP contribution in [0.5, 0.6) is 5.75 Å². The molecule has 1 aliphatic carbocycles. The van der Waals surface area contributed by atoms with E-state index in [0.29, 0.717) is 34.8 Å². The van der Waals surface area contributed by atoms with Crippen LogP contribution in [0.2, 0.25) is 0 Å². The molecule has 3 rings (SSSR count). The average molecular weight is 326 g/mol. The maximum absolute atomic E-state index is 12.5. The van der Waals surface area contributed by atoms with Gasteiger partial charge in [-0.1, -0.05) is 25.0 Å². The number of para-hydroxylation sites is 2. The highest BCUT2D eigenvalue weighted by atomic mass is 16.5. The van der Waals surface area contributed by atoms with E-state index < -0.39 is 0 Å². The van der Waals surface area contributed by atoms with E-state index in [-0.39, 0.29) is 5.91 Å². The summed E-state index contributed by atoms with van der Waals surface area (Å²) in [5.41, 5.74) is 0.959. The quantitative estimate of drug-likeness (QED) is 0.880. The molecule has 126 valence electrons. The number of aromatic nitrogens is 2. The number of hydrogen-bond donors (Lipinski definition) is 2. The smallest absolute Gasteiger partial charge is 0.274 e. The summed E-state index contributed by atoms with van der Waals surface area (Å²) in [5.74, 6) is 1.61. The first-order chi connectivity index (χ1) is 11.7. The van der Waals surface area contributed by atoms with E-state index in [1.807, 2.05) is 12.1 Å². The number of methoxy groups -OCH3 is 1. The Kier molecular flexibility index (Phi) is 4.93. The zero-order valence-electron chi connectivity index (χ0n) is 14.0. The van der Waals surface area contributed by atoms with Gasteiger partial charge in [0.25, 0.3) is 5.91 Å². The Hall–Kier alpha value is -2.63. The first-order valence-electron chi connectivity index (χ1n) is 8.22. The topological polar surface area (TPSA) is 76.1 Å². The van der Waals surface area contributed by atoms with Crippen molar-refractivity contribution in [3.63, 3.8) is 0 Å². The predicted octanol–water partition coefficient (Wildman–Crippen LogP) is 3.40. The number of anilines is 2. The van der Waals surface area contributed by atoms with E-state index >= 15 is 0 Å². The molecule has 0 aliphatic heterocycles. The van der Waals surface area contributed by atoms with E-state index in [2.05, 4.69) is 20.6 Å². The molecule has 2 N–H and O–H groups in total. The van der Waals surface area contributed by atoms with Crippen LogP contribution >= 0.6 is 0 Å². The van der Waals surface area contributed by atoms with Crippen LogP contribution in [-0.4, -0.2) is 29.0 Å². The SMILES string of the molecule is COc1ccccc1NC(=O)c1cc(NC2CCCC2)nc(C)n1. The fourth-order valence-corrected chi connectivity index (χ4v) is 2.97. The van der Waals surface area contributed by atoms with Gasteiger partial charge in [0.2, 0.25) is 0 Å². The Labute approximate surface area is 141 Å². The standard InChI is InChI=1S/C18H22N4O2/c1-12-19-15(11-17(20-12)21-13-7-3-4-8-13)18(23)22-14-9-5-6-10-16(14)24-2/h5-6,9-11,13H,3-4,7-8H2,1-2H3,(H,22,23)(H,19,20,21). The largest absolute Gasteiger partial charge is 0.495 e. The van der Waals surface area contributed by atoms with Crippen molar-refractivity contribution in [1.82, 2.24) is 9.97 Å². The van der Waals surface area contributed by atoms with Gasteiger partial charge in [-0.15, -0.1) is 0 Å². The number of nitrogens with zero attached hydrogens (tertiary/aromatic N) is 2. The summed E-state index contributed by atoms with van der Waals surface area (Å²) in [4.78, 5) is 21.2. The minimum absolute atomic E-state index is 0.278. The molecule has 1 aliphatic rings. The highest BCUT2D eigenvalue weighted by molar-refractivity contribution is 6.04. The van der Waals surface area contributed by atoms with Crippen molar-refractivity contribution < 1.29 is 9.53 Å². The number of carbonyl (C=O) groups excluding carboxylic acids is 1. The first kappa shape index (κ1) is 16.2. The van der Waals surface area contributed by atoms with E-state index in [1.165, 1.54) is 12.8 Å². The number of carbonyl (C=O) groups is 1. The van der Waals surface area contributed by atoms with Gasteiger partial charge in [-0.25, -0.2) is 9.97 Å². The molecule has 2 aromatic rings. The third-order valence-corrected chi connectivity index (χ3v) is 4.13. The molecule has 0 saturated heterocycles. The Bertz CT molecular complexity index is 727. The van der Waals surface area contributed by atoms with Crippen LogP contribution < -0.4 is 15.4 Å². The zero-order chi connectivity index (χ0) is 16.9. The second kappa shape index (κ2) is 7.29. The molecule has 1 heterocycles. The third-order valence-electron chi connectivity index (χ3n) is 4.13. The lowest BCUT2D eigenvalue weighted by Gasteiger charge is -2.14. The van der Waals surface area contributed by atoms with Crippen molar-refractivity contribution in [3.8, 4) is 5.75 Å². The van der Waals surface area contributed by atoms with Crippen molar-refractivity contribution in [2.45, 2.75) is 38.6 Å². The lowest BCUT2D eigenvalue weighted by atomic mass is 10.2. The van der Waals surface area contributed by atoms with Gasteiger partial charge in [-0.3, -0.25) is 4.79 Å². The zero-order valence-corrected chi connectivity index (χ0v) is 14.0. The van der Waals surface area contributed by atoms with Crippen LogP contribution in [0.3, 0.4) is 0 Å². The molecular weight excluding hydrogens is 304 g/mol. The van der Waals surface area contributed by atoms with Crippen LogP contribution in [0.25, 0.3) is 0 Å². The normalized spacial score (nSPS) is 14.4. The Morgan fingerprint density at radius 1 is 1.21 bits per heavy atom. The minimum Gasteiger partial charge on any atom is -0.495 e. The molecule has 1 aromatic carbocycles. The summed E-state index contributed by atoms with van der Waals surface area (Å²) in [5, 5.41) is 6.25. The maximum atomic E-state index is 12.5. The monoisotopic (exact) mass is 326 g/mol. The molecule has 1 saturated carbocycles. The summed E-state index contributed by atoms with van der Waals surface area (Å²) in [7, 11) is 1.57. The maximum Gasteiger partial charge on any atom is 0.274 e. The number of amides is 1. The summed E-state index contributed by atoms with van der Waals surface area (Å²) in [6.45, 7) is 1.79.